The first-order valence-electron chi connectivity index (χ1n) is 6.04. The van der Waals surface area contributed by atoms with Crippen molar-refractivity contribution in [1.82, 2.24) is 0 Å². The molecule has 4 heteroatoms. The molecule has 0 aromatic rings. The van der Waals surface area contributed by atoms with Crippen molar-refractivity contribution in [2.45, 2.75) is 33.6 Å². The third-order valence-electron chi connectivity index (χ3n) is 2.30. The molecule has 98 valence electrons. The smallest absolute Gasteiger partial charge is 0.320 e. The molecular weight excluding hydrogens is 220 g/mol. The van der Waals surface area contributed by atoms with E-state index in [1.807, 2.05) is 13.8 Å². The quantitative estimate of drug-likeness (QED) is 0.372. The highest BCUT2D eigenvalue weighted by atomic mass is 16.6. The van der Waals surface area contributed by atoms with Crippen LogP contribution in [0.1, 0.15) is 33.6 Å². The van der Waals surface area contributed by atoms with Gasteiger partial charge < -0.3 is 9.47 Å². The highest BCUT2D eigenvalue weighted by Crippen LogP contribution is 2.17. The normalized spacial score (nSPS) is 12.0. The van der Waals surface area contributed by atoms with E-state index in [1.165, 1.54) is 0 Å². The average molecular weight is 242 g/mol. The highest BCUT2D eigenvalue weighted by Gasteiger charge is 2.33. The largest absolute Gasteiger partial charge is 0.465 e. The van der Waals surface area contributed by atoms with Gasteiger partial charge in [0.1, 0.15) is 0 Å². The minimum atomic E-state index is -0.898. The van der Waals surface area contributed by atoms with Crippen LogP contribution in [-0.4, -0.2) is 25.2 Å². The Morgan fingerprint density at radius 3 is 1.82 bits per heavy atom. The van der Waals surface area contributed by atoms with E-state index in [9.17, 15) is 9.59 Å². The molecule has 17 heavy (non-hydrogen) atoms. The summed E-state index contributed by atoms with van der Waals surface area (Å²) in [4.78, 5) is 23.5. The van der Waals surface area contributed by atoms with E-state index in [2.05, 4.69) is 6.58 Å². The predicted molar refractivity (Wildman–Crippen MR) is 65.4 cm³/mol. The second kappa shape index (κ2) is 8.79. The summed E-state index contributed by atoms with van der Waals surface area (Å²) in [6, 6.07) is 0. The van der Waals surface area contributed by atoms with Gasteiger partial charge in [0.2, 0.25) is 0 Å². The minimum absolute atomic E-state index is 0.288. The molecule has 0 aromatic carbocycles. The zero-order chi connectivity index (χ0) is 13.3. The summed E-state index contributed by atoms with van der Waals surface area (Å²) in [6.07, 6.45) is 3.01. The Bertz CT molecular complexity index is 240. The maximum absolute atomic E-state index is 11.7. The van der Waals surface area contributed by atoms with Gasteiger partial charge in [-0.15, -0.1) is 6.58 Å². The fourth-order valence-corrected chi connectivity index (χ4v) is 1.25. The highest BCUT2D eigenvalue weighted by molar-refractivity contribution is 5.95. The Labute approximate surface area is 103 Å². The van der Waals surface area contributed by atoms with Gasteiger partial charge in [-0.3, -0.25) is 9.59 Å². The standard InChI is InChI=1S/C13H22O4/c1-5-8-16-12(14)11(10(4)7-3)13(15)17-9-6-2/h7,10-11H,3,5-6,8-9H2,1-2,4H3. The lowest BCUT2D eigenvalue weighted by atomic mass is 9.94. The van der Waals surface area contributed by atoms with Crippen molar-refractivity contribution in [2.24, 2.45) is 11.8 Å². The summed E-state index contributed by atoms with van der Waals surface area (Å²) in [7, 11) is 0. The van der Waals surface area contributed by atoms with Crippen LogP contribution in [0, 0.1) is 11.8 Å². The molecule has 0 aliphatic heterocycles. The van der Waals surface area contributed by atoms with E-state index >= 15 is 0 Å². The molecule has 0 aliphatic carbocycles. The summed E-state index contributed by atoms with van der Waals surface area (Å²) in [6.45, 7) is 9.77. The van der Waals surface area contributed by atoms with Gasteiger partial charge >= 0.3 is 11.9 Å². The van der Waals surface area contributed by atoms with Gasteiger partial charge in [-0.1, -0.05) is 26.8 Å². The van der Waals surface area contributed by atoms with Crippen LogP contribution in [0.3, 0.4) is 0 Å². The van der Waals surface area contributed by atoms with E-state index in [0.29, 0.717) is 13.2 Å². The van der Waals surface area contributed by atoms with E-state index in [-0.39, 0.29) is 5.92 Å². The summed E-state index contributed by atoms with van der Waals surface area (Å²) in [5.41, 5.74) is 0. The van der Waals surface area contributed by atoms with Crippen LogP contribution in [0.4, 0.5) is 0 Å². The first kappa shape index (κ1) is 15.7. The molecule has 0 fully saturated rings. The summed E-state index contributed by atoms with van der Waals surface area (Å²) >= 11 is 0. The van der Waals surface area contributed by atoms with E-state index in [4.69, 9.17) is 9.47 Å². The summed E-state index contributed by atoms with van der Waals surface area (Å²) in [5, 5.41) is 0. The summed E-state index contributed by atoms with van der Waals surface area (Å²) < 4.78 is 9.98. The molecule has 0 saturated carbocycles. The second-order valence-electron chi connectivity index (χ2n) is 3.91. The molecule has 0 N–H and O–H groups in total. The van der Waals surface area contributed by atoms with E-state index in [0.717, 1.165) is 12.8 Å². The summed E-state index contributed by atoms with van der Waals surface area (Å²) in [5.74, 6) is -2.24. The van der Waals surface area contributed by atoms with Crippen molar-refractivity contribution in [3.05, 3.63) is 12.7 Å². The molecule has 0 aliphatic rings. The van der Waals surface area contributed by atoms with Crippen molar-refractivity contribution < 1.29 is 19.1 Å². The molecule has 0 rings (SSSR count). The van der Waals surface area contributed by atoms with Crippen LogP contribution in [0.2, 0.25) is 0 Å². The molecule has 0 heterocycles. The fourth-order valence-electron chi connectivity index (χ4n) is 1.25. The van der Waals surface area contributed by atoms with Crippen molar-refractivity contribution in [3.8, 4) is 0 Å². The number of ether oxygens (including phenoxy) is 2. The third kappa shape index (κ3) is 5.52. The third-order valence-corrected chi connectivity index (χ3v) is 2.30. The lowest BCUT2D eigenvalue weighted by Crippen LogP contribution is -2.32. The first-order chi connectivity index (χ1) is 8.08. The fraction of sp³-hybridized carbons (Fsp3) is 0.692. The van der Waals surface area contributed by atoms with Gasteiger partial charge in [0.25, 0.3) is 0 Å². The number of rotatable bonds is 8. The number of allylic oxidation sites excluding steroid dienone is 1. The van der Waals surface area contributed by atoms with E-state index < -0.39 is 17.9 Å². The van der Waals surface area contributed by atoms with Crippen LogP contribution < -0.4 is 0 Å². The number of carbonyl (C=O) groups is 2. The number of esters is 2. The molecule has 0 saturated heterocycles. The Morgan fingerprint density at radius 1 is 1.12 bits per heavy atom. The average Bonchev–Trinajstić information content (AvgIpc) is 2.33. The van der Waals surface area contributed by atoms with E-state index in [1.54, 1.807) is 13.0 Å². The molecule has 1 atom stereocenters. The lowest BCUT2D eigenvalue weighted by Gasteiger charge is -2.18. The van der Waals surface area contributed by atoms with Crippen molar-refractivity contribution in [3.63, 3.8) is 0 Å². The second-order valence-corrected chi connectivity index (χ2v) is 3.91. The molecule has 4 nitrogen and oxygen atoms in total. The Morgan fingerprint density at radius 2 is 1.53 bits per heavy atom. The molecule has 0 spiro atoms. The van der Waals surface area contributed by atoms with Crippen LogP contribution in [0.5, 0.6) is 0 Å². The number of carbonyl (C=O) groups excluding carboxylic acids is 2. The van der Waals surface area contributed by atoms with Crippen LogP contribution >= 0.6 is 0 Å². The Hall–Kier alpha value is -1.32. The SMILES string of the molecule is C=CC(C)C(C(=O)OCCC)C(=O)OCCC. The van der Waals surface area contributed by atoms with Gasteiger partial charge in [0.05, 0.1) is 13.2 Å². The zero-order valence-electron chi connectivity index (χ0n) is 10.9. The maximum Gasteiger partial charge on any atom is 0.320 e. The number of hydrogen-bond donors (Lipinski definition) is 0. The molecular formula is C13H22O4. The van der Waals surface area contributed by atoms with Gasteiger partial charge in [0, 0.05) is 0 Å². The molecule has 0 radical (unpaired) electrons. The minimum Gasteiger partial charge on any atom is -0.465 e. The molecule has 0 bridgehead atoms. The molecule has 0 aromatic heterocycles. The maximum atomic E-state index is 11.7. The first-order valence-corrected chi connectivity index (χ1v) is 6.04. The van der Waals surface area contributed by atoms with Gasteiger partial charge in [-0.25, -0.2) is 0 Å². The Balaban J connectivity index is 4.57. The van der Waals surface area contributed by atoms with Gasteiger partial charge in [0.15, 0.2) is 5.92 Å². The van der Waals surface area contributed by atoms with Crippen LogP contribution in [0.15, 0.2) is 12.7 Å². The number of hydrogen-bond acceptors (Lipinski definition) is 4. The van der Waals surface area contributed by atoms with Gasteiger partial charge in [-0.05, 0) is 18.8 Å². The van der Waals surface area contributed by atoms with Crippen LogP contribution in [0.25, 0.3) is 0 Å². The van der Waals surface area contributed by atoms with Crippen molar-refractivity contribution >= 4 is 11.9 Å². The van der Waals surface area contributed by atoms with Crippen LogP contribution in [-0.2, 0) is 19.1 Å². The predicted octanol–water partition coefficient (Wildman–Crippen LogP) is 2.33. The lowest BCUT2D eigenvalue weighted by molar-refractivity contribution is -0.163. The molecule has 0 amide bonds. The Kier molecular flexibility index (Phi) is 8.11. The molecule has 1 unspecified atom stereocenters. The zero-order valence-corrected chi connectivity index (χ0v) is 10.9. The topological polar surface area (TPSA) is 52.6 Å². The monoisotopic (exact) mass is 242 g/mol. The van der Waals surface area contributed by atoms with Crippen molar-refractivity contribution in [1.29, 1.82) is 0 Å². The van der Waals surface area contributed by atoms with Gasteiger partial charge in [-0.2, -0.15) is 0 Å². The van der Waals surface area contributed by atoms with Crippen molar-refractivity contribution in [2.75, 3.05) is 13.2 Å².